The van der Waals surface area contributed by atoms with E-state index >= 15 is 0 Å². The van der Waals surface area contributed by atoms with Gasteiger partial charge in [-0.3, -0.25) is 0 Å². The van der Waals surface area contributed by atoms with Crippen molar-refractivity contribution in [2.75, 3.05) is 0 Å². The minimum Gasteiger partial charge on any atom is -0.206 e. The molecule has 0 aliphatic carbocycles. The highest BCUT2D eigenvalue weighted by atomic mass is 35.5. The Bertz CT molecular complexity index is 739. The molecule has 0 radical (unpaired) electrons. The topological polar surface area (TPSA) is 25.8 Å². The molecule has 0 aliphatic rings. The van der Waals surface area contributed by atoms with Crippen LogP contribution in [0.3, 0.4) is 0 Å². The normalized spacial score (nSPS) is 12.8. The largest absolute Gasteiger partial charge is 0.206 e. The number of aromatic nitrogens is 2. The zero-order valence-corrected chi connectivity index (χ0v) is 11.7. The van der Waals surface area contributed by atoms with Gasteiger partial charge in [0.2, 0.25) is 0 Å². The number of fused-ring (bicyclic) bond motifs is 1. The summed E-state index contributed by atoms with van der Waals surface area (Å²) < 4.78 is 13.8. The van der Waals surface area contributed by atoms with Crippen molar-refractivity contribution in [1.82, 2.24) is 10.2 Å². The van der Waals surface area contributed by atoms with Crippen molar-refractivity contribution in [2.24, 2.45) is 0 Å². The quantitative estimate of drug-likeness (QED) is 0.634. The van der Waals surface area contributed by atoms with E-state index in [-0.39, 0.29) is 11.2 Å². The van der Waals surface area contributed by atoms with Crippen LogP contribution in [0.1, 0.15) is 17.3 Å². The lowest BCUT2D eigenvalue weighted by atomic mass is 10.0. The van der Waals surface area contributed by atoms with Gasteiger partial charge in [0.25, 0.3) is 0 Å². The molecule has 0 N–H and O–H groups in total. The molecule has 19 heavy (non-hydrogen) atoms. The molecule has 2 nitrogen and oxygen atoms in total. The highest BCUT2D eigenvalue weighted by Gasteiger charge is 2.14. The van der Waals surface area contributed by atoms with Crippen molar-refractivity contribution in [3.63, 3.8) is 0 Å². The molecule has 0 aliphatic heterocycles. The Morgan fingerprint density at radius 2 is 1.84 bits per heavy atom. The highest BCUT2D eigenvalue weighted by molar-refractivity contribution is 7.15. The molecule has 0 fully saturated rings. The standard InChI is InChI=1S/C14H10ClFN2S/c1-8(15)13-17-18-14(19-13)11-6-7-12(16)10-5-3-2-4-9(10)11/h2-8H,1H3. The van der Waals surface area contributed by atoms with E-state index in [4.69, 9.17) is 11.6 Å². The second-order valence-corrected chi connectivity index (χ2v) is 5.87. The van der Waals surface area contributed by atoms with Crippen LogP contribution in [0, 0.1) is 5.82 Å². The van der Waals surface area contributed by atoms with E-state index in [0.29, 0.717) is 5.39 Å². The molecular weight excluding hydrogens is 283 g/mol. The number of alkyl halides is 1. The molecule has 5 heteroatoms. The Labute approximate surface area is 118 Å². The average molecular weight is 293 g/mol. The second-order valence-electron chi connectivity index (χ2n) is 4.20. The Balaban J connectivity index is 2.22. The average Bonchev–Trinajstić information content (AvgIpc) is 2.89. The highest BCUT2D eigenvalue weighted by Crippen LogP contribution is 2.34. The molecule has 0 bridgehead atoms. The summed E-state index contributed by atoms with van der Waals surface area (Å²) in [6.45, 7) is 1.86. The zero-order chi connectivity index (χ0) is 13.4. The lowest BCUT2D eigenvalue weighted by Gasteiger charge is -2.04. The maximum atomic E-state index is 13.8. The van der Waals surface area contributed by atoms with Gasteiger partial charge >= 0.3 is 0 Å². The summed E-state index contributed by atoms with van der Waals surface area (Å²) in [5, 5.41) is 11.0. The van der Waals surface area contributed by atoms with E-state index in [0.717, 1.165) is 21.0 Å². The summed E-state index contributed by atoms with van der Waals surface area (Å²) in [6.07, 6.45) is 0. The fraction of sp³-hybridized carbons (Fsp3) is 0.143. The van der Waals surface area contributed by atoms with Crippen LogP contribution in [-0.2, 0) is 0 Å². The Morgan fingerprint density at radius 3 is 2.53 bits per heavy atom. The van der Waals surface area contributed by atoms with E-state index in [1.54, 1.807) is 12.1 Å². The van der Waals surface area contributed by atoms with Crippen LogP contribution >= 0.6 is 22.9 Å². The molecule has 2 aromatic carbocycles. The predicted molar refractivity (Wildman–Crippen MR) is 77.1 cm³/mol. The molecule has 1 atom stereocenters. The first-order valence-corrected chi connectivity index (χ1v) is 7.07. The van der Waals surface area contributed by atoms with Gasteiger partial charge in [-0.15, -0.1) is 21.8 Å². The Hall–Kier alpha value is -1.52. The van der Waals surface area contributed by atoms with E-state index < -0.39 is 0 Å². The number of nitrogens with zero attached hydrogens (tertiary/aromatic N) is 2. The van der Waals surface area contributed by atoms with Gasteiger partial charge in [0.05, 0.1) is 5.38 Å². The summed E-state index contributed by atoms with van der Waals surface area (Å²) in [5.74, 6) is -0.227. The van der Waals surface area contributed by atoms with Gasteiger partial charge in [-0.2, -0.15) is 0 Å². The molecule has 1 unspecified atom stereocenters. The zero-order valence-electron chi connectivity index (χ0n) is 10.1. The smallest absolute Gasteiger partial charge is 0.148 e. The minimum atomic E-state index is -0.227. The van der Waals surface area contributed by atoms with Gasteiger partial charge in [0.1, 0.15) is 15.8 Å². The number of rotatable bonds is 2. The van der Waals surface area contributed by atoms with E-state index in [9.17, 15) is 4.39 Å². The van der Waals surface area contributed by atoms with E-state index in [2.05, 4.69) is 10.2 Å². The Kier molecular flexibility index (Phi) is 3.21. The maximum Gasteiger partial charge on any atom is 0.148 e. The third kappa shape index (κ3) is 2.22. The fourth-order valence-electron chi connectivity index (χ4n) is 1.95. The molecule has 0 saturated heterocycles. The molecule has 1 heterocycles. The van der Waals surface area contributed by atoms with Crippen LogP contribution in [0.2, 0.25) is 0 Å². The number of benzene rings is 2. The molecular formula is C14H10ClFN2S. The molecule has 96 valence electrons. The summed E-state index contributed by atoms with van der Waals surface area (Å²) in [6, 6.07) is 10.6. The van der Waals surface area contributed by atoms with Gasteiger partial charge in [-0.1, -0.05) is 35.6 Å². The van der Waals surface area contributed by atoms with Crippen LogP contribution < -0.4 is 0 Å². The van der Waals surface area contributed by atoms with Crippen LogP contribution in [0.25, 0.3) is 21.3 Å². The Morgan fingerprint density at radius 1 is 1.11 bits per heavy atom. The third-order valence-corrected chi connectivity index (χ3v) is 4.36. The lowest BCUT2D eigenvalue weighted by Crippen LogP contribution is -1.84. The van der Waals surface area contributed by atoms with Crippen LogP contribution in [-0.4, -0.2) is 10.2 Å². The van der Waals surface area contributed by atoms with Crippen molar-refractivity contribution >= 4 is 33.7 Å². The van der Waals surface area contributed by atoms with E-state index in [1.807, 2.05) is 25.1 Å². The molecule has 0 saturated carbocycles. The van der Waals surface area contributed by atoms with Crippen LogP contribution in [0.15, 0.2) is 36.4 Å². The maximum absolute atomic E-state index is 13.8. The number of hydrogen-bond acceptors (Lipinski definition) is 3. The monoisotopic (exact) mass is 292 g/mol. The summed E-state index contributed by atoms with van der Waals surface area (Å²) >= 11 is 7.43. The van der Waals surface area contributed by atoms with Crippen LogP contribution in [0.5, 0.6) is 0 Å². The summed E-state index contributed by atoms with van der Waals surface area (Å²) in [4.78, 5) is 0. The lowest BCUT2D eigenvalue weighted by molar-refractivity contribution is 0.640. The molecule has 0 amide bonds. The first kappa shape index (κ1) is 12.5. The van der Waals surface area contributed by atoms with Gasteiger partial charge in [-0.25, -0.2) is 4.39 Å². The van der Waals surface area contributed by atoms with Crippen LogP contribution in [0.4, 0.5) is 4.39 Å². The van der Waals surface area contributed by atoms with Gasteiger partial charge in [-0.05, 0) is 24.4 Å². The van der Waals surface area contributed by atoms with Crippen molar-refractivity contribution in [2.45, 2.75) is 12.3 Å². The molecule has 3 aromatic rings. The number of halogens is 2. The van der Waals surface area contributed by atoms with Gasteiger partial charge < -0.3 is 0 Å². The van der Waals surface area contributed by atoms with E-state index in [1.165, 1.54) is 17.4 Å². The number of hydrogen-bond donors (Lipinski definition) is 0. The summed E-state index contributed by atoms with van der Waals surface area (Å²) in [7, 11) is 0. The fourth-order valence-corrected chi connectivity index (χ4v) is 2.94. The van der Waals surface area contributed by atoms with Crippen molar-refractivity contribution in [1.29, 1.82) is 0 Å². The van der Waals surface area contributed by atoms with Crippen molar-refractivity contribution in [3.8, 4) is 10.6 Å². The third-order valence-electron chi connectivity index (χ3n) is 2.88. The molecule has 3 rings (SSSR count). The second kappa shape index (κ2) is 4.87. The first-order valence-electron chi connectivity index (χ1n) is 5.82. The first-order chi connectivity index (χ1) is 9.16. The SMILES string of the molecule is CC(Cl)c1nnc(-c2ccc(F)c3ccccc23)s1. The van der Waals surface area contributed by atoms with Crippen molar-refractivity contribution in [3.05, 3.63) is 47.2 Å². The molecule has 1 aromatic heterocycles. The molecule has 0 spiro atoms. The van der Waals surface area contributed by atoms with Crippen molar-refractivity contribution < 1.29 is 4.39 Å². The van der Waals surface area contributed by atoms with Gasteiger partial charge in [0, 0.05) is 10.9 Å². The predicted octanol–water partition coefficient (Wildman–Crippen LogP) is 4.80. The minimum absolute atomic E-state index is 0.169. The summed E-state index contributed by atoms with van der Waals surface area (Å²) in [5.41, 5.74) is 0.887. The van der Waals surface area contributed by atoms with Gasteiger partial charge in [0.15, 0.2) is 0 Å².